The summed E-state index contributed by atoms with van der Waals surface area (Å²) in [5.41, 5.74) is 5.10. The quantitative estimate of drug-likeness (QED) is 0.718. The molecule has 1 heterocycles. The number of nitrogens with zero attached hydrogens (tertiary/aromatic N) is 1. The summed E-state index contributed by atoms with van der Waals surface area (Å²) in [7, 11) is 0. The van der Waals surface area contributed by atoms with E-state index < -0.39 is 29.0 Å². The third-order valence-electron chi connectivity index (χ3n) is 8.04. The van der Waals surface area contributed by atoms with Crippen LogP contribution in [-0.2, 0) is 20.9 Å². The van der Waals surface area contributed by atoms with Gasteiger partial charge in [-0.15, -0.1) is 0 Å². The molecule has 4 saturated carbocycles. The number of nitrogens with two attached hydrogens (primary N) is 1. The van der Waals surface area contributed by atoms with E-state index in [0.29, 0.717) is 24.6 Å². The highest BCUT2D eigenvalue weighted by Crippen LogP contribution is 2.59. The monoisotopic (exact) mass is 451 g/mol. The third-order valence-corrected chi connectivity index (χ3v) is 8.04. The number of morpholine rings is 1. The van der Waals surface area contributed by atoms with Crippen LogP contribution in [0.4, 0.5) is 13.2 Å². The highest BCUT2D eigenvalue weighted by molar-refractivity contribution is 5.83. The highest BCUT2D eigenvalue weighted by atomic mass is 19.1. The summed E-state index contributed by atoms with van der Waals surface area (Å²) < 4.78 is 46.9. The van der Waals surface area contributed by atoms with Gasteiger partial charge in [-0.1, -0.05) is 0 Å². The smallest absolute Gasteiger partial charge is 0.250 e. The van der Waals surface area contributed by atoms with Crippen LogP contribution in [0.5, 0.6) is 0 Å². The summed E-state index contributed by atoms with van der Waals surface area (Å²) in [5.74, 6) is -2.32. The van der Waals surface area contributed by atoms with Crippen molar-refractivity contribution in [3.8, 4) is 0 Å². The molecule has 0 spiro atoms. The molecule has 1 aromatic rings. The van der Waals surface area contributed by atoms with E-state index in [1.165, 1.54) is 0 Å². The summed E-state index contributed by atoms with van der Waals surface area (Å²) in [5, 5.41) is 3.16. The number of carbonyl (C=O) groups excluding carboxylic acids is 2. The molecule has 5 fully saturated rings. The fourth-order valence-electron chi connectivity index (χ4n) is 6.77. The number of rotatable bonds is 5. The molecule has 6 nitrogen and oxygen atoms in total. The molecule has 3 atom stereocenters. The van der Waals surface area contributed by atoms with Gasteiger partial charge in [0.25, 0.3) is 5.91 Å². The van der Waals surface area contributed by atoms with Crippen molar-refractivity contribution >= 4 is 11.8 Å². The lowest BCUT2D eigenvalue weighted by molar-refractivity contribution is -0.151. The summed E-state index contributed by atoms with van der Waals surface area (Å²) in [6.07, 6.45) is 3.56. The van der Waals surface area contributed by atoms with Crippen molar-refractivity contribution in [3.05, 3.63) is 35.1 Å². The van der Waals surface area contributed by atoms with Gasteiger partial charge in [0.2, 0.25) is 5.91 Å². The number of ether oxygens (including phenoxy) is 1. The zero-order chi connectivity index (χ0) is 22.6. The fraction of sp³-hybridized carbons (Fsp3) is 0.652. The van der Waals surface area contributed by atoms with Crippen molar-refractivity contribution in [2.24, 2.45) is 28.9 Å². The molecule has 2 amide bonds. The summed E-state index contributed by atoms with van der Waals surface area (Å²) in [6.45, 7) is 0.797. The number of hydrogen-bond donors (Lipinski definition) is 2. The Labute approximate surface area is 184 Å². The van der Waals surface area contributed by atoms with E-state index in [-0.39, 0.29) is 55.0 Å². The number of benzene rings is 1. The lowest BCUT2D eigenvalue weighted by atomic mass is 9.47. The first kappa shape index (κ1) is 21.7. The SMILES string of the molecule is NC(=O)C12CC3CC(C1)C(NC(=O)[C@H]1CN(Cc4c(F)cc(F)cc4F)CCO1)C(C3)C2. The van der Waals surface area contributed by atoms with Crippen molar-refractivity contribution in [2.45, 2.75) is 50.8 Å². The molecule has 1 aromatic carbocycles. The maximum Gasteiger partial charge on any atom is 0.250 e. The highest BCUT2D eigenvalue weighted by Gasteiger charge is 2.58. The summed E-state index contributed by atoms with van der Waals surface area (Å²) in [4.78, 5) is 26.9. The van der Waals surface area contributed by atoms with Crippen molar-refractivity contribution in [3.63, 3.8) is 0 Å². The van der Waals surface area contributed by atoms with E-state index in [1.807, 2.05) is 0 Å². The lowest BCUT2D eigenvalue weighted by Crippen LogP contribution is -2.63. The Bertz CT molecular complexity index is 903. The molecule has 5 aliphatic rings. The normalized spacial score (nSPS) is 36.3. The Hall–Kier alpha value is -2.13. The molecule has 9 heteroatoms. The minimum atomic E-state index is -0.961. The number of primary amides is 1. The van der Waals surface area contributed by atoms with Gasteiger partial charge in [0.05, 0.1) is 6.61 Å². The Morgan fingerprint density at radius 2 is 1.78 bits per heavy atom. The molecule has 2 unspecified atom stereocenters. The van der Waals surface area contributed by atoms with Crippen LogP contribution in [-0.4, -0.2) is 48.6 Å². The van der Waals surface area contributed by atoms with Crippen LogP contribution in [0.2, 0.25) is 0 Å². The number of nitrogens with one attached hydrogen (secondary N) is 1. The Kier molecular flexibility index (Phi) is 5.44. The Morgan fingerprint density at radius 1 is 1.12 bits per heavy atom. The van der Waals surface area contributed by atoms with Crippen LogP contribution in [0.15, 0.2) is 12.1 Å². The molecule has 0 aromatic heterocycles. The molecule has 3 N–H and O–H groups in total. The van der Waals surface area contributed by atoms with Crippen LogP contribution in [0.25, 0.3) is 0 Å². The van der Waals surface area contributed by atoms with E-state index >= 15 is 0 Å². The predicted octanol–water partition coefficient (Wildman–Crippen LogP) is 2.10. The summed E-state index contributed by atoms with van der Waals surface area (Å²) in [6, 6.07) is 1.32. The molecule has 32 heavy (non-hydrogen) atoms. The minimum Gasteiger partial charge on any atom is -0.369 e. The lowest BCUT2D eigenvalue weighted by Gasteiger charge is -2.59. The van der Waals surface area contributed by atoms with Crippen LogP contribution in [0, 0.1) is 40.6 Å². The average Bonchev–Trinajstić information content (AvgIpc) is 2.73. The second kappa shape index (κ2) is 8.02. The molecule has 4 bridgehead atoms. The largest absolute Gasteiger partial charge is 0.369 e. The first-order chi connectivity index (χ1) is 15.2. The number of carbonyl (C=O) groups is 2. The zero-order valence-electron chi connectivity index (χ0n) is 17.8. The molecule has 1 saturated heterocycles. The number of halogens is 3. The molecular formula is C23H28F3N3O3. The second-order valence-electron chi connectivity index (χ2n) is 10.1. The van der Waals surface area contributed by atoms with Crippen LogP contribution >= 0.6 is 0 Å². The van der Waals surface area contributed by atoms with Crippen molar-refractivity contribution in [1.29, 1.82) is 0 Å². The van der Waals surface area contributed by atoms with Crippen LogP contribution in [0.3, 0.4) is 0 Å². The number of amides is 2. The van der Waals surface area contributed by atoms with Gasteiger partial charge in [-0.2, -0.15) is 0 Å². The maximum absolute atomic E-state index is 14.0. The molecular weight excluding hydrogens is 423 g/mol. The zero-order valence-corrected chi connectivity index (χ0v) is 17.8. The van der Waals surface area contributed by atoms with Crippen LogP contribution < -0.4 is 11.1 Å². The second-order valence-corrected chi connectivity index (χ2v) is 10.1. The Morgan fingerprint density at radius 3 is 2.41 bits per heavy atom. The third kappa shape index (κ3) is 3.79. The van der Waals surface area contributed by atoms with Gasteiger partial charge in [0.15, 0.2) is 0 Å². The first-order valence-electron chi connectivity index (χ1n) is 11.3. The first-order valence-corrected chi connectivity index (χ1v) is 11.3. The topological polar surface area (TPSA) is 84.7 Å². The van der Waals surface area contributed by atoms with E-state index in [0.717, 1.165) is 32.1 Å². The molecule has 0 radical (unpaired) electrons. The molecule has 4 aliphatic carbocycles. The molecule has 1 aliphatic heterocycles. The molecule has 174 valence electrons. The van der Waals surface area contributed by atoms with Crippen molar-refractivity contribution in [2.75, 3.05) is 19.7 Å². The maximum atomic E-state index is 14.0. The van der Waals surface area contributed by atoms with Gasteiger partial charge in [-0.05, 0) is 49.9 Å². The van der Waals surface area contributed by atoms with Crippen LogP contribution in [0.1, 0.15) is 37.7 Å². The van der Waals surface area contributed by atoms with E-state index in [2.05, 4.69) is 5.32 Å². The Balaban J connectivity index is 1.23. The summed E-state index contributed by atoms with van der Waals surface area (Å²) >= 11 is 0. The van der Waals surface area contributed by atoms with E-state index in [9.17, 15) is 22.8 Å². The van der Waals surface area contributed by atoms with Crippen molar-refractivity contribution in [1.82, 2.24) is 10.2 Å². The predicted molar refractivity (Wildman–Crippen MR) is 108 cm³/mol. The standard InChI is InChI=1S/C23H28F3N3O3/c24-15-5-17(25)16(18(26)6-15)10-29-1-2-32-19(11-29)21(30)28-20-13-3-12-4-14(20)9-23(7-12,8-13)22(27)31/h5-6,12-14,19-20H,1-4,7-11H2,(H2,27,31)(H,28,30)/t12?,13?,14?,19-,20?,23?/m1/s1. The van der Waals surface area contributed by atoms with Gasteiger partial charge in [0, 0.05) is 48.8 Å². The van der Waals surface area contributed by atoms with Gasteiger partial charge in [0.1, 0.15) is 23.6 Å². The number of hydrogen-bond acceptors (Lipinski definition) is 4. The van der Waals surface area contributed by atoms with Gasteiger partial charge in [-0.25, -0.2) is 13.2 Å². The van der Waals surface area contributed by atoms with E-state index in [4.69, 9.17) is 10.5 Å². The van der Waals surface area contributed by atoms with Gasteiger partial charge < -0.3 is 15.8 Å². The molecule has 6 rings (SSSR count). The van der Waals surface area contributed by atoms with Crippen molar-refractivity contribution < 1.29 is 27.5 Å². The average molecular weight is 451 g/mol. The van der Waals surface area contributed by atoms with Gasteiger partial charge >= 0.3 is 0 Å². The minimum absolute atomic E-state index is 0.00233. The van der Waals surface area contributed by atoms with Gasteiger partial charge in [-0.3, -0.25) is 14.5 Å². The fourth-order valence-corrected chi connectivity index (χ4v) is 6.77. The van der Waals surface area contributed by atoms with E-state index in [1.54, 1.807) is 4.90 Å².